The summed E-state index contributed by atoms with van der Waals surface area (Å²) in [6, 6.07) is 0. The van der Waals surface area contributed by atoms with E-state index in [1.165, 1.54) is 0 Å². The molecule has 0 spiro atoms. The Morgan fingerprint density at radius 1 is 0.625 bits per heavy atom. The normalized spacial score (nSPS) is 10.1. The summed E-state index contributed by atoms with van der Waals surface area (Å²) in [6.07, 6.45) is 0. The van der Waals surface area contributed by atoms with E-state index in [2.05, 4.69) is 9.80 Å². The van der Waals surface area contributed by atoms with Crippen LogP contribution in [0, 0.1) is 0 Å². The lowest BCUT2D eigenvalue weighted by Crippen LogP contribution is -2.21. The summed E-state index contributed by atoms with van der Waals surface area (Å²) in [4.78, 5) is 4.21. The van der Waals surface area contributed by atoms with Crippen molar-refractivity contribution in [2.45, 2.75) is 0 Å². The van der Waals surface area contributed by atoms with Crippen LogP contribution in [0.15, 0.2) is 0 Å². The van der Waals surface area contributed by atoms with Crippen LogP contribution in [-0.2, 0) is 9.47 Å². The number of hydrogen-bond donors (Lipinski definition) is 0. The van der Waals surface area contributed by atoms with Crippen LogP contribution in [0.2, 0.25) is 0 Å². The minimum absolute atomic E-state index is 0. The van der Waals surface area contributed by atoms with Crippen LogP contribution < -0.4 is 0 Å². The van der Waals surface area contributed by atoms with Crippen LogP contribution in [0.25, 0.3) is 0 Å². The third-order valence-electron chi connectivity index (χ3n) is 1.74. The van der Waals surface area contributed by atoms with Crippen LogP contribution >= 0.6 is 24.8 Å². The van der Waals surface area contributed by atoms with Gasteiger partial charge in [0.25, 0.3) is 0 Å². The fourth-order valence-electron chi connectivity index (χ4n) is 0.816. The monoisotopic (exact) mass is 276 g/mol. The van der Waals surface area contributed by atoms with Crippen molar-refractivity contribution in [1.82, 2.24) is 9.80 Å². The highest BCUT2D eigenvalue weighted by Gasteiger charge is 1.92. The molecule has 0 atom stereocenters. The van der Waals surface area contributed by atoms with Gasteiger partial charge in [-0.1, -0.05) is 0 Å². The summed E-state index contributed by atoms with van der Waals surface area (Å²) in [5, 5.41) is 0. The Hall–Kier alpha value is 0.420. The lowest BCUT2D eigenvalue weighted by molar-refractivity contribution is 0.0382. The molecule has 4 nitrogen and oxygen atoms in total. The molecule has 0 aromatic rings. The standard InChI is InChI=1S/C10H24N2O2.2ClH/c1-11(2)5-7-13-9-10-14-8-6-12(3)4;;/h5-10H2,1-4H3;2*1H. The molecular formula is C10H26Cl2N2O2. The van der Waals surface area contributed by atoms with Crippen molar-refractivity contribution in [2.24, 2.45) is 0 Å². The maximum atomic E-state index is 5.37. The van der Waals surface area contributed by atoms with E-state index in [9.17, 15) is 0 Å². The molecule has 0 aliphatic carbocycles. The molecule has 0 aromatic heterocycles. The predicted molar refractivity (Wildman–Crippen MR) is 73.2 cm³/mol. The summed E-state index contributed by atoms with van der Waals surface area (Å²) < 4.78 is 10.7. The molecule has 0 fully saturated rings. The number of hydrogen-bond acceptors (Lipinski definition) is 4. The maximum Gasteiger partial charge on any atom is 0.0701 e. The lowest BCUT2D eigenvalue weighted by Gasteiger charge is -2.11. The highest BCUT2D eigenvalue weighted by atomic mass is 35.5. The van der Waals surface area contributed by atoms with Crippen molar-refractivity contribution in [3.8, 4) is 0 Å². The van der Waals surface area contributed by atoms with Crippen LogP contribution in [0.5, 0.6) is 0 Å². The molecule has 0 unspecified atom stereocenters. The fourth-order valence-corrected chi connectivity index (χ4v) is 0.816. The zero-order valence-electron chi connectivity index (χ0n) is 10.8. The minimum atomic E-state index is 0. The third-order valence-corrected chi connectivity index (χ3v) is 1.74. The number of likely N-dealkylation sites (N-methyl/N-ethyl adjacent to an activating group) is 2. The van der Waals surface area contributed by atoms with Crippen molar-refractivity contribution in [1.29, 1.82) is 0 Å². The molecule has 0 N–H and O–H groups in total. The van der Waals surface area contributed by atoms with Gasteiger partial charge in [-0.05, 0) is 28.2 Å². The van der Waals surface area contributed by atoms with Crippen LogP contribution in [0.4, 0.5) is 0 Å². The Morgan fingerprint density at radius 3 is 1.19 bits per heavy atom. The fraction of sp³-hybridized carbons (Fsp3) is 1.00. The maximum absolute atomic E-state index is 5.37. The van der Waals surface area contributed by atoms with Gasteiger partial charge in [0.1, 0.15) is 0 Å². The van der Waals surface area contributed by atoms with Crippen LogP contribution in [0.1, 0.15) is 0 Å². The zero-order chi connectivity index (χ0) is 10.8. The van der Waals surface area contributed by atoms with Gasteiger partial charge < -0.3 is 19.3 Å². The van der Waals surface area contributed by atoms with E-state index in [0.717, 1.165) is 26.3 Å². The Labute approximate surface area is 112 Å². The largest absolute Gasteiger partial charge is 0.378 e. The van der Waals surface area contributed by atoms with Gasteiger partial charge in [0.15, 0.2) is 0 Å². The number of nitrogens with zero attached hydrogens (tertiary/aromatic N) is 2. The molecule has 0 amide bonds. The van der Waals surface area contributed by atoms with Crippen molar-refractivity contribution >= 4 is 24.8 Å². The second-order valence-corrected chi connectivity index (χ2v) is 3.83. The molecule has 16 heavy (non-hydrogen) atoms. The molecule has 0 bridgehead atoms. The Kier molecular flexibility index (Phi) is 20.9. The highest BCUT2D eigenvalue weighted by Crippen LogP contribution is 1.82. The van der Waals surface area contributed by atoms with Crippen LogP contribution in [-0.4, -0.2) is 77.5 Å². The quantitative estimate of drug-likeness (QED) is 0.587. The van der Waals surface area contributed by atoms with Gasteiger partial charge in [-0.2, -0.15) is 0 Å². The van der Waals surface area contributed by atoms with Gasteiger partial charge in [0, 0.05) is 13.1 Å². The van der Waals surface area contributed by atoms with Gasteiger partial charge in [0.05, 0.1) is 26.4 Å². The summed E-state index contributed by atoms with van der Waals surface area (Å²) in [7, 11) is 8.15. The highest BCUT2D eigenvalue weighted by molar-refractivity contribution is 5.85. The smallest absolute Gasteiger partial charge is 0.0701 e. The summed E-state index contributed by atoms with van der Waals surface area (Å²) in [6.45, 7) is 4.89. The van der Waals surface area contributed by atoms with Crippen molar-refractivity contribution < 1.29 is 9.47 Å². The SMILES string of the molecule is CN(C)CCOCCOCCN(C)C.Cl.Cl. The molecule has 0 radical (unpaired) electrons. The Morgan fingerprint density at radius 2 is 0.938 bits per heavy atom. The number of ether oxygens (including phenoxy) is 2. The molecule has 102 valence electrons. The van der Waals surface area contributed by atoms with E-state index in [1.807, 2.05) is 28.2 Å². The summed E-state index contributed by atoms with van der Waals surface area (Å²) in [5.74, 6) is 0. The number of halogens is 2. The van der Waals surface area contributed by atoms with Gasteiger partial charge in [-0.15, -0.1) is 24.8 Å². The topological polar surface area (TPSA) is 24.9 Å². The van der Waals surface area contributed by atoms with E-state index in [0.29, 0.717) is 13.2 Å². The van der Waals surface area contributed by atoms with E-state index in [4.69, 9.17) is 9.47 Å². The van der Waals surface area contributed by atoms with E-state index < -0.39 is 0 Å². The van der Waals surface area contributed by atoms with Crippen LogP contribution in [0.3, 0.4) is 0 Å². The van der Waals surface area contributed by atoms with E-state index in [-0.39, 0.29) is 24.8 Å². The van der Waals surface area contributed by atoms with Crippen molar-refractivity contribution in [3.63, 3.8) is 0 Å². The average Bonchev–Trinajstić information content (AvgIpc) is 2.08. The van der Waals surface area contributed by atoms with E-state index in [1.54, 1.807) is 0 Å². The molecule has 0 rings (SSSR count). The average molecular weight is 277 g/mol. The number of rotatable bonds is 9. The summed E-state index contributed by atoms with van der Waals surface area (Å²) >= 11 is 0. The first kappa shape index (κ1) is 21.7. The molecule has 0 aliphatic heterocycles. The molecule has 0 aromatic carbocycles. The van der Waals surface area contributed by atoms with Gasteiger partial charge in [-0.3, -0.25) is 0 Å². The van der Waals surface area contributed by atoms with Gasteiger partial charge >= 0.3 is 0 Å². The molecule has 0 saturated heterocycles. The molecular weight excluding hydrogens is 251 g/mol. The van der Waals surface area contributed by atoms with Crippen molar-refractivity contribution in [2.75, 3.05) is 67.7 Å². The zero-order valence-corrected chi connectivity index (χ0v) is 12.4. The van der Waals surface area contributed by atoms with Gasteiger partial charge in [-0.25, -0.2) is 0 Å². The first-order chi connectivity index (χ1) is 6.63. The molecule has 0 saturated carbocycles. The van der Waals surface area contributed by atoms with Crippen molar-refractivity contribution in [3.05, 3.63) is 0 Å². The minimum Gasteiger partial charge on any atom is -0.378 e. The first-order valence-corrected chi connectivity index (χ1v) is 5.08. The second kappa shape index (κ2) is 15.4. The molecule has 0 aliphatic rings. The lowest BCUT2D eigenvalue weighted by atomic mass is 10.6. The van der Waals surface area contributed by atoms with Gasteiger partial charge in [0.2, 0.25) is 0 Å². The molecule has 6 heteroatoms. The first-order valence-electron chi connectivity index (χ1n) is 5.08. The molecule has 0 heterocycles. The third kappa shape index (κ3) is 19.9. The summed E-state index contributed by atoms with van der Waals surface area (Å²) in [5.41, 5.74) is 0. The second-order valence-electron chi connectivity index (χ2n) is 3.83. The Bertz CT molecular complexity index is 113. The van der Waals surface area contributed by atoms with E-state index >= 15 is 0 Å². The predicted octanol–water partition coefficient (Wildman–Crippen LogP) is 0.986. The Balaban J connectivity index is -0.000000845.